The second kappa shape index (κ2) is 9.37. The Morgan fingerprint density at radius 3 is 2.43 bits per heavy atom. The number of carbonyl (C=O) groups excluding carboxylic acids is 3. The van der Waals surface area contributed by atoms with Gasteiger partial charge in [-0.05, 0) is 50.1 Å². The molecule has 0 heterocycles. The highest BCUT2D eigenvalue weighted by Crippen LogP contribution is 2.18. The molecule has 0 aromatic heterocycles. The summed E-state index contributed by atoms with van der Waals surface area (Å²) in [6.45, 7) is 5.32. The van der Waals surface area contributed by atoms with Crippen molar-refractivity contribution >= 4 is 35.0 Å². The molecule has 0 aliphatic carbocycles. The maximum Gasteiger partial charge on any atom is 0.253 e. The summed E-state index contributed by atoms with van der Waals surface area (Å²) in [4.78, 5) is 38.4. The zero-order chi connectivity index (χ0) is 20.8. The summed E-state index contributed by atoms with van der Waals surface area (Å²) >= 11 is 6.01. The molecule has 2 rings (SSSR count). The fraction of sp³-hybridized carbons (Fsp3) is 0.286. The first-order valence-corrected chi connectivity index (χ1v) is 9.25. The molecule has 1 unspecified atom stereocenters. The minimum atomic E-state index is -0.803. The van der Waals surface area contributed by atoms with Crippen LogP contribution >= 0.6 is 11.6 Å². The van der Waals surface area contributed by atoms with Gasteiger partial charge >= 0.3 is 0 Å². The molecular formula is C21H24ClN3O3. The van der Waals surface area contributed by atoms with E-state index >= 15 is 0 Å². The van der Waals surface area contributed by atoms with Gasteiger partial charge in [0.25, 0.3) is 5.91 Å². The summed E-state index contributed by atoms with van der Waals surface area (Å²) in [6.07, 6.45) is 0. The predicted octanol–water partition coefficient (Wildman–Crippen LogP) is 3.17. The van der Waals surface area contributed by atoms with Gasteiger partial charge in [0.15, 0.2) is 0 Å². The molecule has 148 valence electrons. The predicted molar refractivity (Wildman–Crippen MR) is 111 cm³/mol. The number of nitrogens with zero attached hydrogens (tertiary/aromatic N) is 1. The zero-order valence-electron chi connectivity index (χ0n) is 16.4. The lowest BCUT2D eigenvalue weighted by atomic mass is 10.1. The van der Waals surface area contributed by atoms with Crippen molar-refractivity contribution in [2.24, 2.45) is 0 Å². The molecule has 0 radical (unpaired) electrons. The number of nitrogens with one attached hydrogen (secondary N) is 2. The molecule has 0 spiro atoms. The van der Waals surface area contributed by atoms with Crippen molar-refractivity contribution in [2.45, 2.75) is 26.8 Å². The average Bonchev–Trinajstić information content (AvgIpc) is 2.64. The molecule has 0 fully saturated rings. The zero-order valence-corrected chi connectivity index (χ0v) is 17.1. The molecular weight excluding hydrogens is 378 g/mol. The van der Waals surface area contributed by atoms with E-state index in [4.69, 9.17) is 11.6 Å². The number of halogens is 1. The Morgan fingerprint density at radius 2 is 1.75 bits per heavy atom. The fourth-order valence-electron chi connectivity index (χ4n) is 2.68. The lowest BCUT2D eigenvalue weighted by Gasteiger charge is -2.22. The maximum absolute atomic E-state index is 12.5. The van der Waals surface area contributed by atoms with Gasteiger partial charge in [0, 0.05) is 12.7 Å². The largest absolute Gasteiger partial charge is 0.340 e. The van der Waals surface area contributed by atoms with Crippen LogP contribution < -0.4 is 10.6 Å². The van der Waals surface area contributed by atoms with E-state index in [0.717, 1.165) is 11.1 Å². The highest BCUT2D eigenvalue weighted by Gasteiger charge is 2.22. The molecule has 0 aliphatic heterocycles. The van der Waals surface area contributed by atoms with Gasteiger partial charge in [-0.25, -0.2) is 0 Å². The Kier molecular flexibility index (Phi) is 7.18. The summed E-state index contributed by atoms with van der Waals surface area (Å²) < 4.78 is 0. The van der Waals surface area contributed by atoms with Crippen LogP contribution in [0.5, 0.6) is 0 Å². The van der Waals surface area contributed by atoms with Crippen molar-refractivity contribution in [1.29, 1.82) is 0 Å². The van der Waals surface area contributed by atoms with Crippen molar-refractivity contribution in [3.63, 3.8) is 0 Å². The van der Waals surface area contributed by atoms with Crippen molar-refractivity contribution in [1.82, 2.24) is 10.2 Å². The Labute approximate surface area is 169 Å². The van der Waals surface area contributed by atoms with Crippen LogP contribution in [0.2, 0.25) is 5.02 Å². The Bertz CT molecular complexity index is 898. The Morgan fingerprint density at radius 1 is 1.07 bits per heavy atom. The monoisotopic (exact) mass is 401 g/mol. The lowest BCUT2D eigenvalue weighted by molar-refractivity contribution is -0.134. The highest BCUT2D eigenvalue weighted by molar-refractivity contribution is 6.33. The van der Waals surface area contributed by atoms with E-state index in [2.05, 4.69) is 10.6 Å². The van der Waals surface area contributed by atoms with Gasteiger partial charge in [-0.3, -0.25) is 14.4 Å². The fourth-order valence-corrected chi connectivity index (χ4v) is 2.90. The van der Waals surface area contributed by atoms with E-state index in [-0.39, 0.29) is 18.4 Å². The van der Waals surface area contributed by atoms with Gasteiger partial charge in [0.05, 0.1) is 17.1 Å². The average molecular weight is 402 g/mol. The van der Waals surface area contributed by atoms with Gasteiger partial charge in [-0.1, -0.05) is 35.9 Å². The van der Waals surface area contributed by atoms with Gasteiger partial charge in [-0.2, -0.15) is 0 Å². The molecule has 6 nitrogen and oxygen atoms in total. The van der Waals surface area contributed by atoms with Crippen LogP contribution in [0.3, 0.4) is 0 Å². The summed E-state index contributed by atoms with van der Waals surface area (Å²) in [7, 11) is 1.52. The summed E-state index contributed by atoms with van der Waals surface area (Å²) in [5.74, 6) is -1.13. The second-order valence-electron chi connectivity index (χ2n) is 6.66. The number of hydrogen-bond donors (Lipinski definition) is 2. The normalized spacial score (nSPS) is 11.5. The van der Waals surface area contributed by atoms with Gasteiger partial charge in [0.2, 0.25) is 11.8 Å². The number of benzene rings is 2. The number of aryl methyl sites for hydroxylation is 1. The van der Waals surface area contributed by atoms with Gasteiger partial charge in [0.1, 0.15) is 6.04 Å². The van der Waals surface area contributed by atoms with E-state index in [0.29, 0.717) is 16.3 Å². The molecule has 2 aromatic rings. The summed E-state index contributed by atoms with van der Waals surface area (Å²) in [5, 5.41) is 5.73. The third-order valence-corrected chi connectivity index (χ3v) is 4.80. The first-order chi connectivity index (χ1) is 13.2. The SMILES string of the molecule is Cc1cccc(NC(=O)CN(C)C(=O)C(C)NC(=O)c2ccccc2Cl)c1C. The number of hydrogen-bond acceptors (Lipinski definition) is 3. The number of amides is 3. The van der Waals surface area contributed by atoms with Crippen LogP contribution in [0.15, 0.2) is 42.5 Å². The molecule has 28 heavy (non-hydrogen) atoms. The molecule has 2 N–H and O–H groups in total. The first-order valence-electron chi connectivity index (χ1n) is 8.87. The van der Waals surface area contributed by atoms with Crippen molar-refractivity contribution < 1.29 is 14.4 Å². The molecule has 0 saturated heterocycles. The van der Waals surface area contributed by atoms with E-state index in [1.165, 1.54) is 11.9 Å². The standard InChI is InChI=1S/C21H24ClN3O3/c1-13-8-7-11-18(14(13)2)24-19(26)12-25(4)21(28)15(3)23-20(27)16-9-5-6-10-17(16)22/h5-11,15H,12H2,1-4H3,(H,23,27)(H,24,26). The number of rotatable bonds is 6. The maximum atomic E-state index is 12.5. The van der Waals surface area contributed by atoms with E-state index in [1.54, 1.807) is 31.2 Å². The molecule has 1 atom stereocenters. The van der Waals surface area contributed by atoms with Crippen LogP contribution in [-0.2, 0) is 9.59 Å². The van der Waals surface area contributed by atoms with Gasteiger partial charge in [-0.15, -0.1) is 0 Å². The molecule has 3 amide bonds. The second-order valence-corrected chi connectivity index (χ2v) is 7.07. The quantitative estimate of drug-likeness (QED) is 0.780. The molecule has 2 aromatic carbocycles. The lowest BCUT2D eigenvalue weighted by Crippen LogP contribution is -2.47. The topological polar surface area (TPSA) is 78.5 Å². The summed E-state index contributed by atoms with van der Waals surface area (Å²) in [6, 6.07) is 11.4. The smallest absolute Gasteiger partial charge is 0.253 e. The molecule has 7 heteroatoms. The highest BCUT2D eigenvalue weighted by atomic mass is 35.5. The van der Waals surface area contributed by atoms with Crippen LogP contribution in [0.4, 0.5) is 5.69 Å². The van der Waals surface area contributed by atoms with E-state index in [9.17, 15) is 14.4 Å². The number of anilines is 1. The molecule has 0 aliphatic rings. The molecule has 0 saturated carbocycles. The Hall–Kier alpha value is -2.86. The van der Waals surface area contributed by atoms with Crippen LogP contribution in [0.25, 0.3) is 0 Å². The van der Waals surface area contributed by atoms with E-state index < -0.39 is 11.9 Å². The molecule has 0 bridgehead atoms. The summed E-state index contributed by atoms with van der Waals surface area (Å²) in [5.41, 5.74) is 3.05. The third kappa shape index (κ3) is 5.33. The van der Waals surface area contributed by atoms with E-state index in [1.807, 2.05) is 32.0 Å². The number of carbonyl (C=O) groups is 3. The van der Waals surface area contributed by atoms with Crippen LogP contribution in [0, 0.1) is 13.8 Å². The van der Waals surface area contributed by atoms with Crippen molar-refractivity contribution in [3.05, 3.63) is 64.2 Å². The first kappa shape index (κ1) is 21.4. The van der Waals surface area contributed by atoms with Crippen molar-refractivity contribution in [3.8, 4) is 0 Å². The number of likely N-dealkylation sites (N-methyl/N-ethyl adjacent to an activating group) is 1. The van der Waals surface area contributed by atoms with Crippen LogP contribution in [-0.4, -0.2) is 42.3 Å². The minimum Gasteiger partial charge on any atom is -0.340 e. The Balaban J connectivity index is 1.94. The van der Waals surface area contributed by atoms with Crippen molar-refractivity contribution in [2.75, 3.05) is 18.9 Å². The third-order valence-electron chi connectivity index (χ3n) is 4.47. The van der Waals surface area contributed by atoms with Crippen LogP contribution in [0.1, 0.15) is 28.4 Å². The minimum absolute atomic E-state index is 0.126. The van der Waals surface area contributed by atoms with Gasteiger partial charge < -0.3 is 15.5 Å².